The highest BCUT2D eigenvalue weighted by Crippen LogP contribution is 2.43. The Morgan fingerprint density at radius 1 is 0.463 bits per heavy atom. The summed E-state index contributed by atoms with van der Waals surface area (Å²) in [6.45, 7) is 0. The maximum atomic E-state index is 4.91. The second kappa shape index (κ2) is 8.44. The van der Waals surface area contributed by atoms with E-state index in [1.54, 1.807) is 0 Å². The maximum absolute atomic E-state index is 4.91. The molecule has 9 rings (SSSR count). The summed E-state index contributed by atoms with van der Waals surface area (Å²) in [5, 5.41) is 5.03. The summed E-state index contributed by atoms with van der Waals surface area (Å²) in [4.78, 5) is 8.43. The van der Waals surface area contributed by atoms with Crippen molar-refractivity contribution in [2.24, 2.45) is 0 Å². The molecule has 0 bridgehead atoms. The van der Waals surface area contributed by atoms with Gasteiger partial charge in [0.15, 0.2) is 0 Å². The van der Waals surface area contributed by atoms with Crippen LogP contribution in [0.4, 0.5) is 0 Å². The van der Waals surface area contributed by atoms with Crippen LogP contribution in [-0.4, -0.2) is 19.1 Å². The first-order valence-corrected chi connectivity index (χ1v) is 13.9. The number of aromatic nitrogens is 4. The van der Waals surface area contributed by atoms with Crippen molar-refractivity contribution in [1.29, 1.82) is 0 Å². The molecule has 9 aromatic rings. The van der Waals surface area contributed by atoms with Gasteiger partial charge in [0.05, 0.1) is 33.1 Å². The maximum Gasteiger partial charge on any atom is 0.138 e. The Morgan fingerprint density at radius 2 is 1.05 bits per heavy atom. The van der Waals surface area contributed by atoms with E-state index in [0.29, 0.717) is 0 Å². The molecule has 0 saturated carbocycles. The Bertz CT molecular complexity index is 2370. The van der Waals surface area contributed by atoms with E-state index < -0.39 is 0 Å². The Balaban J connectivity index is 1.43. The zero-order valence-corrected chi connectivity index (χ0v) is 22.1. The van der Waals surface area contributed by atoms with Gasteiger partial charge in [-0.3, -0.25) is 0 Å². The fourth-order valence-electron chi connectivity index (χ4n) is 6.51. The minimum atomic E-state index is 0.879. The molecule has 3 aromatic heterocycles. The molecule has 6 aromatic carbocycles. The highest BCUT2D eigenvalue weighted by molar-refractivity contribution is 6.29. The monoisotopic (exact) mass is 524 g/mol. The number of benzene rings is 6. The molecule has 192 valence electrons. The number of aromatic amines is 1. The third-order valence-corrected chi connectivity index (χ3v) is 8.26. The molecule has 3 heterocycles. The first kappa shape index (κ1) is 22.2. The van der Waals surface area contributed by atoms with Crippen LogP contribution in [0.5, 0.6) is 0 Å². The molecule has 0 aliphatic heterocycles. The van der Waals surface area contributed by atoms with Crippen LogP contribution in [-0.2, 0) is 0 Å². The average Bonchev–Trinajstić information content (AvgIpc) is 3.71. The molecular weight excluding hydrogens is 500 g/mol. The molecule has 0 fully saturated rings. The van der Waals surface area contributed by atoms with Gasteiger partial charge in [-0.05, 0) is 60.7 Å². The number of fused-ring (bicyclic) bond motifs is 8. The SMILES string of the molecule is c1ccc(-n2c3ccccc3c3c4c5ccc(-c6nc7ccccc7[nH]6)cc5n(-c5ccccc5)c4ccc32)cc1. The van der Waals surface area contributed by atoms with E-state index in [2.05, 4.69) is 135 Å². The van der Waals surface area contributed by atoms with Gasteiger partial charge in [-0.25, -0.2) is 4.98 Å². The normalized spacial score (nSPS) is 11.9. The van der Waals surface area contributed by atoms with E-state index in [4.69, 9.17) is 4.98 Å². The zero-order valence-electron chi connectivity index (χ0n) is 22.1. The molecular formula is C37H24N4. The van der Waals surface area contributed by atoms with Gasteiger partial charge in [0.1, 0.15) is 5.82 Å². The van der Waals surface area contributed by atoms with Crippen molar-refractivity contribution in [1.82, 2.24) is 19.1 Å². The van der Waals surface area contributed by atoms with Gasteiger partial charge in [-0.2, -0.15) is 0 Å². The molecule has 4 nitrogen and oxygen atoms in total. The minimum absolute atomic E-state index is 0.879. The molecule has 0 saturated heterocycles. The number of nitrogens with zero attached hydrogens (tertiary/aromatic N) is 3. The number of rotatable bonds is 3. The predicted molar refractivity (Wildman–Crippen MR) is 170 cm³/mol. The second-order valence-corrected chi connectivity index (χ2v) is 10.5. The van der Waals surface area contributed by atoms with Crippen molar-refractivity contribution in [2.75, 3.05) is 0 Å². The smallest absolute Gasteiger partial charge is 0.138 e. The van der Waals surface area contributed by atoms with E-state index in [-0.39, 0.29) is 0 Å². The minimum Gasteiger partial charge on any atom is -0.338 e. The summed E-state index contributed by atoms with van der Waals surface area (Å²) < 4.78 is 4.78. The second-order valence-electron chi connectivity index (χ2n) is 10.5. The van der Waals surface area contributed by atoms with Crippen molar-refractivity contribution in [2.45, 2.75) is 0 Å². The van der Waals surface area contributed by atoms with Crippen LogP contribution >= 0.6 is 0 Å². The lowest BCUT2D eigenvalue weighted by molar-refractivity contribution is 1.17. The van der Waals surface area contributed by atoms with Crippen LogP contribution in [0.25, 0.3) is 77.4 Å². The summed E-state index contributed by atoms with van der Waals surface area (Å²) >= 11 is 0. The number of nitrogens with one attached hydrogen (secondary N) is 1. The van der Waals surface area contributed by atoms with Crippen molar-refractivity contribution in [3.63, 3.8) is 0 Å². The quantitative estimate of drug-likeness (QED) is 0.246. The van der Waals surface area contributed by atoms with Gasteiger partial charge in [0.2, 0.25) is 0 Å². The number of H-pyrrole nitrogens is 1. The van der Waals surface area contributed by atoms with Crippen LogP contribution in [0.2, 0.25) is 0 Å². The summed E-state index contributed by atoms with van der Waals surface area (Å²) in [5.74, 6) is 0.879. The summed E-state index contributed by atoms with van der Waals surface area (Å²) in [5.41, 5.74) is 10.2. The molecule has 0 radical (unpaired) electrons. The Morgan fingerprint density at radius 3 is 1.76 bits per heavy atom. The highest BCUT2D eigenvalue weighted by atomic mass is 15.0. The predicted octanol–water partition coefficient (Wildman–Crippen LogP) is 9.42. The van der Waals surface area contributed by atoms with Crippen LogP contribution in [0.3, 0.4) is 0 Å². The average molecular weight is 525 g/mol. The van der Waals surface area contributed by atoms with Gasteiger partial charge in [-0.15, -0.1) is 0 Å². The Hall–Kier alpha value is -5.61. The molecule has 4 heteroatoms. The van der Waals surface area contributed by atoms with E-state index in [1.165, 1.54) is 38.1 Å². The van der Waals surface area contributed by atoms with Gasteiger partial charge in [-0.1, -0.05) is 78.9 Å². The van der Waals surface area contributed by atoms with Crippen molar-refractivity contribution in [3.05, 3.63) is 140 Å². The van der Waals surface area contributed by atoms with Crippen LogP contribution < -0.4 is 0 Å². The molecule has 0 atom stereocenters. The van der Waals surface area contributed by atoms with Crippen LogP contribution in [0.15, 0.2) is 140 Å². The lowest BCUT2D eigenvalue weighted by Crippen LogP contribution is -1.94. The molecule has 0 aliphatic rings. The largest absolute Gasteiger partial charge is 0.338 e. The van der Waals surface area contributed by atoms with Gasteiger partial charge >= 0.3 is 0 Å². The molecule has 0 aliphatic carbocycles. The Labute approximate surface area is 235 Å². The fourth-order valence-corrected chi connectivity index (χ4v) is 6.51. The highest BCUT2D eigenvalue weighted by Gasteiger charge is 2.21. The number of imidazole rings is 1. The van der Waals surface area contributed by atoms with Crippen molar-refractivity contribution < 1.29 is 0 Å². The third kappa shape index (κ3) is 3.19. The third-order valence-electron chi connectivity index (χ3n) is 8.26. The first-order valence-electron chi connectivity index (χ1n) is 13.9. The van der Waals surface area contributed by atoms with Crippen molar-refractivity contribution in [3.8, 4) is 22.8 Å². The first-order chi connectivity index (χ1) is 20.3. The Kier molecular flexibility index (Phi) is 4.58. The number of para-hydroxylation sites is 5. The van der Waals surface area contributed by atoms with E-state index in [1.807, 2.05) is 18.2 Å². The van der Waals surface area contributed by atoms with Gasteiger partial charge in [0, 0.05) is 38.5 Å². The van der Waals surface area contributed by atoms with E-state index in [0.717, 1.165) is 39.3 Å². The fraction of sp³-hybridized carbons (Fsp3) is 0. The van der Waals surface area contributed by atoms with E-state index in [9.17, 15) is 0 Å². The summed E-state index contributed by atoms with van der Waals surface area (Å²) in [7, 11) is 0. The topological polar surface area (TPSA) is 38.5 Å². The summed E-state index contributed by atoms with van der Waals surface area (Å²) in [6, 6.07) is 49.6. The van der Waals surface area contributed by atoms with E-state index >= 15 is 0 Å². The standard InChI is InChI=1S/C37H24N4/c1-3-11-25(12-4-1)40-31-18-10-7-15-27(31)35-32(40)21-22-33-36(35)28-20-19-24(37-38-29-16-8-9-17-30(29)39-37)23-34(28)41(33)26-13-5-2-6-14-26/h1-23H,(H,38,39). The van der Waals surface area contributed by atoms with Gasteiger partial charge < -0.3 is 14.1 Å². The lowest BCUT2D eigenvalue weighted by Gasteiger charge is -2.09. The summed E-state index contributed by atoms with van der Waals surface area (Å²) in [6.07, 6.45) is 0. The lowest BCUT2D eigenvalue weighted by atomic mass is 10.0. The molecule has 0 unspecified atom stereocenters. The van der Waals surface area contributed by atoms with Crippen LogP contribution in [0.1, 0.15) is 0 Å². The molecule has 1 N–H and O–H groups in total. The van der Waals surface area contributed by atoms with Gasteiger partial charge in [0.25, 0.3) is 0 Å². The molecule has 0 amide bonds. The van der Waals surface area contributed by atoms with Crippen molar-refractivity contribution >= 4 is 54.6 Å². The molecule has 0 spiro atoms. The zero-order chi connectivity index (χ0) is 26.9. The number of hydrogen-bond acceptors (Lipinski definition) is 1. The van der Waals surface area contributed by atoms with Crippen LogP contribution in [0, 0.1) is 0 Å². The number of hydrogen-bond donors (Lipinski definition) is 1. The molecule has 41 heavy (non-hydrogen) atoms.